The van der Waals surface area contributed by atoms with E-state index in [1.807, 2.05) is 0 Å². The molecule has 0 bridgehead atoms. The number of allylic oxidation sites excluding steroid dienone is 1. The number of carbonyl (C=O) groups is 2. The maximum atomic E-state index is 12.6. The van der Waals surface area contributed by atoms with E-state index in [4.69, 9.17) is 4.74 Å². The van der Waals surface area contributed by atoms with Crippen molar-refractivity contribution in [3.8, 4) is 5.75 Å². The first-order valence-corrected chi connectivity index (χ1v) is 9.06. The molecular formula is C19H17N3O5S. The van der Waals surface area contributed by atoms with Gasteiger partial charge in [-0.2, -0.15) is 0 Å². The van der Waals surface area contributed by atoms with Crippen LogP contribution in [0.25, 0.3) is 17.1 Å². The molecule has 3 aromatic heterocycles. The smallest absolute Gasteiger partial charge is 0.266 e. The second kappa shape index (κ2) is 8.15. The number of thiophene rings is 1. The van der Waals surface area contributed by atoms with Crippen LogP contribution in [0.1, 0.15) is 15.2 Å². The summed E-state index contributed by atoms with van der Waals surface area (Å²) >= 11 is 1.31. The van der Waals surface area contributed by atoms with Crippen molar-refractivity contribution in [3.63, 3.8) is 0 Å². The van der Waals surface area contributed by atoms with Crippen LogP contribution in [0.15, 0.2) is 40.6 Å². The van der Waals surface area contributed by atoms with Gasteiger partial charge in [-0.05, 0) is 30.4 Å². The van der Waals surface area contributed by atoms with Crippen molar-refractivity contribution < 1.29 is 19.4 Å². The van der Waals surface area contributed by atoms with Gasteiger partial charge in [0.15, 0.2) is 5.78 Å². The Labute approximate surface area is 163 Å². The Morgan fingerprint density at radius 2 is 2.21 bits per heavy atom. The highest BCUT2D eigenvalue weighted by atomic mass is 32.1. The lowest BCUT2D eigenvalue weighted by Crippen LogP contribution is -2.24. The molecule has 3 aromatic rings. The van der Waals surface area contributed by atoms with Gasteiger partial charge in [-0.15, -0.1) is 11.3 Å². The molecule has 9 heteroatoms. The summed E-state index contributed by atoms with van der Waals surface area (Å²) in [5, 5.41) is 15.1. The summed E-state index contributed by atoms with van der Waals surface area (Å²) in [5.74, 6) is -1.30. The SMILES string of the molecule is COCC(=O)Nc1csc(/C=C/C(=O)c2c(O)c3cccnc3n(C)c2=O)c1. The van der Waals surface area contributed by atoms with Crippen LogP contribution < -0.4 is 10.9 Å². The Balaban J connectivity index is 1.87. The molecule has 1 amide bonds. The number of aromatic nitrogens is 2. The van der Waals surface area contributed by atoms with Crippen molar-refractivity contribution in [2.75, 3.05) is 19.0 Å². The van der Waals surface area contributed by atoms with Crippen molar-refractivity contribution in [1.29, 1.82) is 0 Å². The number of hydrogen-bond donors (Lipinski definition) is 2. The fourth-order valence-electron chi connectivity index (χ4n) is 2.65. The van der Waals surface area contributed by atoms with Gasteiger partial charge in [0.25, 0.3) is 5.56 Å². The van der Waals surface area contributed by atoms with E-state index in [1.54, 1.807) is 23.6 Å². The zero-order valence-electron chi connectivity index (χ0n) is 15.1. The molecule has 0 radical (unpaired) electrons. The number of carbonyl (C=O) groups excluding carboxylic acids is 2. The largest absolute Gasteiger partial charge is 0.506 e. The number of aryl methyl sites for hydroxylation is 1. The molecule has 0 spiro atoms. The number of aromatic hydroxyl groups is 1. The van der Waals surface area contributed by atoms with E-state index < -0.39 is 11.3 Å². The van der Waals surface area contributed by atoms with Crippen molar-refractivity contribution in [3.05, 3.63) is 56.6 Å². The molecule has 0 aliphatic rings. The standard InChI is InChI=1S/C19H17N3O5S/c1-22-18-13(4-3-7-20-18)17(25)16(19(22)26)14(23)6-5-12-8-11(10-28-12)21-15(24)9-27-2/h3-8,10,25H,9H2,1-2H3,(H,21,24)/b6-5+. The fourth-order valence-corrected chi connectivity index (χ4v) is 3.38. The average molecular weight is 399 g/mol. The van der Waals surface area contributed by atoms with Crippen LogP contribution in [-0.2, 0) is 16.6 Å². The Morgan fingerprint density at radius 1 is 1.43 bits per heavy atom. The Bertz CT molecular complexity index is 1150. The molecule has 0 fully saturated rings. The second-order valence-corrected chi connectivity index (χ2v) is 6.82. The molecule has 0 aliphatic carbocycles. The number of nitrogens with one attached hydrogen (secondary N) is 1. The summed E-state index contributed by atoms with van der Waals surface area (Å²) in [6, 6.07) is 4.89. The lowest BCUT2D eigenvalue weighted by molar-refractivity contribution is -0.119. The first-order chi connectivity index (χ1) is 13.4. The quantitative estimate of drug-likeness (QED) is 0.486. The van der Waals surface area contributed by atoms with Crippen LogP contribution >= 0.6 is 11.3 Å². The Hall–Kier alpha value is -3.30. The lowest BCUT2D eigenvalue weighted by atomic mass is 10.1. The predicted octanol–water partition coefficient (Wildman–Crippen LogP) is 2.18. The molecule has 0 aliphatic heterocycles. The van der Waals surface area contributed by atoms with E-state index in [9.17, 15) is 19.5 Å². The fraction of sp³-hybridized carbons (Fsp3) is 0.158. The highest BCUT2D eigenvalue weighted by Gasteiger charge is 2.19. The van der Waals surface area contributed by atoms with E-state index in [0.29, 0.717) is 21.6 Å². The molecule has 0 saturated carbocycles. The number of nitrogens with zero attached hydrogens (tertiary/aromatic N) is 2. The minimum Gasteiger partial charge on any atom is -0.506 e. The number of anilines is 1. The molecule has 28 heavy (non-hydrogen) atoms. The molecule has 144 valence electrons. The molecule has 3 heterocycles. The Kier molecular flexibility index (Phi) is 5.67. The van der Waals surface area contributed by atoms with Crippen LogP contribution in [-0.4, -0.2) is 40.1 Å². The zero-order chi connectivity index (χ0) is 20.3. The van der Waals surface area contributed by atoms with E-state index in [0.717, 1.165) is 0 Å². The van der Waals surface area contributed by atoms with Crippen LogP contribution in [0.5, 0.6) is 5.75 Å². The third-order valence-electron chi connectivity index (χ3n) is 3.94. The summed E-state index contributed by atoms with van der Waals surface area (Å²) in [6.45, 7) is -0.0566. The van der Waals surface area contributed by atoms with Gasteiger partial charge in [0.2, 0.25) is 5.91 Å². The average Bonchev–Trinajstić information content (AvgIpc) is 3.12. The molecule has 0 aromatic carbocycles. The second-order valence-electron chi connectivity index (χ2n) is 5.88. The highest BCUT2D eigenvalue weighted by molar-refractivity contribution is 7.11. The molecule has 0 unspecified atom stereocenters. The van der Waals surface area contributed by atoms with E-state index >= 15 is 0 Å². The minimum absolute atomic E-state index is 0.0566. The van der Waals surface area contributed by atoms with Crippen LogP contribution in [0.2, 0.25) is 0 Å². The summed E-state index contributed by atoms with van der Waals surface area (Å²) in [5.41, 5.74) is -0.0728. The number of hydrogen-bond acceptors (Lipinski definition) is 7. The normalized spacial score (nSPS) is 11.2. The third-order valence-corrected chi connectivity index (χ3v) is 4.84. The van der Waals surface area contributed by atoms with Crippen LogP contribution in [0, 0.1) is 0 Å². The van der Waals surface area contributed by atoms with Gasteiger partial charge in [-0.1, -0.05) is 0 Å². The summed E-state index contributed by atoms with van der Waals surface area (Å²) in [7, 11) is 2.92. The molecule has 2 N–H and O–H groups in total. The van der Waals surface area contributed by atoms with Crippen molar-refractivity contribution in [2.24, 2.45) is 7.05 Å². The number of ketones is 1. The van der Waals surface area contributed by atoms with E-state index in [2.05, 4.69) is 10.3 Å². The molecule has 8 nitrogen and oxygen atoms in total. The molecule has 0 atom stereocenters. The Morgan fingerprint density at radius 3 is 2.96 bits per heavy atom. The van der Waals surface area contributed by atoms with Gasteiger partial charge in [0.1, 0.15) is 23.6 Å². The van der Waals surface area contributed by atoms with Gasteiger partial charge < -0.3 is 15.2 Å². The molecule has 0 saturated heterocycles. The summed E-state index contributed by atoms with van der Waals surface area (Å²) in [6.07, 6.45) is 4.24. The summed E-state index contributed by atoms with van der Waals surface area (Å²) in [4.78, 5) is 41.3. The first kappa shape index (κ1) is 19.5. The number of pyridine rings is 2. The number of ether oxygens (including phenoxy) is 1. The number of amides is 1. The van der Waals surface area contributed by atoms with Crippen LogP contribution in [0.4, 0.5) is 5.69 Å². The number of rotatable bonds is 6. The molecule has 3 rings (SSSR count). The monoisotopic (exact) mass is 399 g/mol. The zero-order valence-corrected chi connectivity index (χ0v) is 15.9. The van der Waals surface area contributed by atoms with Gasteiger partial charge in [-0.3, -0.25) is 19.0 Å². The minimum atomic E-state index is -0.628. The van der Waals surface area contributed by atoms with Crippen LogP contribution in [0.3, 0.4) is 0 Å². The van der Waals surface area contributed by atoms with E-state index in [-0.39, 0.29) is 23.8 Å². The highest BCUT2D eigenvalue weighted by Crippen LogP contribution is 2.26. The number of fused-ring (bicyclic) bond motifs is 1. The van der Waals surface area contributed by atoms with Gasteiger partial charge in [-0.25, -0.2) is 4.98 Å². The maximum absolute atomic E-state index is 12.6. The topological polar surface area (TPSA) is 111 Å². The van der Waals surface area contributed by atoms with Gasteiger partial charge >= 0.3 is 0 Å². The maximum Gasteiger partial charge on any atom is 0.266 e. The third kappa shape index (κ3) is 3.85. The van der Waals surface area contributed by atoms with Gasteiger partial charge in [0, 0.05) is 30.6 Å². The predicted molar refractivity (Wildman–Crippen MR) is 107 cm³/mol. The van der Waals surface area contributed by atoms with Crippen molar-refractivity contribution in [1.82, 2.24) is 9.55 Å². The van der Waals surface area contributed by atoms with Crippen molar-refractivity contribution in [2.45, 2.75) is 0 Å². The van der Waals surface area contributed by atoms with Crippen molar-refractivity contribution >= 4 is 45.8 Å². The summed E-state index contributed by atoms with van der Waals surface area (Å²) < 4.78 is 5.97. The van der Waals surface area contributed by atoms with E-state index in [1.165, 1.54) is 48.4 Å². The molecular weight excluding hydrogens is 382 g/mol. The van der Waals surface area contributed by atoms with Gasteiger partial charge in [0.05, 0.1) is 11.1 Å². The lowest BCUT2D eigenvalue weighted by Gasteiger charge is -2.08. The number of methoxy groups -OCH3 is 1. The first-order valence-electron chi connectivity index (χ1n) is 8.18.